The van der Waals surface area contributed by atoms with E-state index in [-0.39, 0.29) is 18.1 Å². The number of nitrogens with zero attached hydrogens (tertiary/aromatic N) is 5. The second kappa shape index (κ2) is 10.9. The third kappa shape index (κ3) is 5.83. The number of halogens is 1. The summed E-state index contributed by atoms with van der Waals surface area (Å²) in [5.74, 6) is -0.248. The smallest absolute Gasteiger partial charge is 0.151 e. The topological polar surface area (TPSA) is 75.0 Å². The van der Waals surface area contributed by atoms with Gasteiger partial charge in [-0.1, -0.05) is 0 Å². The highest BCUT2D eigenvalue weighted by Crippen LogP contribution is 2.33. The Labute approximate surface area is 189 Å². The highest BCUT2D eigenvalue weighted by Gasteiger charge is 2.23. The van der Waals surface area contributed by atoms with Crippen LogP contribution < -0.4 is 10.2 Å². The molecular formula is C23H35FN6O2. The molecule has 0 bridgehead atoms. The monoisotopic (exact) mass is 446 g/mol. The van der Waals surface area contributed by atoms with Gasteiger partial charge in [-0.2, -0.15) is 5.10 Å². The Hall–Kier alpha value is -2.52. The number of aromatic nitrogens is 2. The third-order valence-corrected chi connectivity index (χ3v) is 5.88. The quantitative estimate of drug-likeness (QED) is 0.518. The summed E-state index contributed by atoms with van der Waals surface area (Å²) in [5.41, 5.74) is 2.97. The lowest BCUT2D eigenvalue weighted by molar-refractivity contribution is -0.0396. The van der Waals surface area contributed by atoms with Crippen LogP contribution in [0.25, 0.3) is 0 Å². The molecule has 1 aromatic heterocycles. The molecule has 1 N–H and O–H groups in total. The average molecular weight is 447 g/mol. The molecule has 2 atom stereocenters. The van der Waals surface area contributed by atoms with Crippen molar-refractivity contribution in [2.45, 2.75) is 51.8 Å². The van der Waals surface area contributed by atoms with Crippen LogP contribution in [-0.2, 0) is 4.74 Å². The minimum Gasteiger partial charge on any atom is -0.377 e. The van der Waals surface area contributed by atoms with Crippen LogP contribution in [0, 0.1) is 17.6 Å². The van der Waals surface area contributed by atoms with Crippen LogP contribution in [0.1, 0.15) is 56.1 Å². The number of nitroso groups, excluding NO2 is 1. The number of hydrogen-bond donors (Lipinski definition) is 1. The average Bonchev–Trinajstić information content (AvgIpc) is 3.20. The first-order valence-corrected chi connectivity index (χ1v) is 11.3. The Bertz CT molecular complexity index is 910. The largest absolute Gasteiger partial charge is 0.377 e. The van der Waals surface area contributed by atoms with Crippen LogP contribution in [0.3, 0.4) is 0 Å². The van der Waals surface area contributed by atoms with Crippen LogP contribution >= 0.6 is 0 Å². The van der Waals surface area contributed by atoms with Gasteiger partial charge in [-0.15, -0.1) is 4.91 Å². The van der Waals surface area contributed by atoms with Gasteiger partial charge >= 0.3 is 0 Å². The maximum absolute atomic E-state index is 14.7. The Kier molecular flexibility index (Phi) is 8.20. The molecule has 3 rings (SSSR count). The fraction of sp³-hybridized carbons (Fsp3) is 0.609. The summed E-state index contributed by atoms with van der Waals surface area (Å²) in [5, 5.41) is 11.2. The zero-order chi connectivity index (χ0) is 23.3. The van der Waals surface area contributed by atoms with E-state index in [2.05, 4.69) is 20.5 Å². The van der Waals surface area contributed by atoms with E-state index in [0.717, 1.165) is 50.0 Å². The number of nitrogens with one attached hydrogen (secondary N) is 1. The first-order valence-electron chi connectivity index (χ1n) is 11.3. The van der Waals surface area contributed by atoms with Crippen molar-refractivity contribution in [3.8, 4) is 0 Å². The normalized spacial score (nSPS) is 17.4. The number of anilines is 2. The lowest BCUT2D eigenvalue weighted by atomic mass is 10.1. The van der Waals surface area contributed by atoms with Crippen LogP contribution in [0.4, 0.5) is 21.5 Å². The first-order chi connectivity index (χ1) is 15.3. The molecule has 0 saturated carbocycles. The van der Waals surface area contributed by atoms with Crippen LogP contribution in [0.5, 0.6) is 0 Å². The van der Waals surface area contributed by atoms with Gasteiger partial charge in [0.05, 0.1) is 17.9 Å². The van der Waals surface area contributed by atoms with Gasteiger partial charge < -0.3 is 19.9 Å². The molecule has 0 amide bonds. The molecule has 8 nitrogen and oxygen atoms in total. The zero-order valence-electron chi connectivity index (χ0n) is 19.8. The summed E-state index contributed by atoms with van der Waals surface area (Å²) >= 11 is 0. The summed E-state index contributed by atoms with van der Waals surface area (Å²) in [4.78, 5) is 15.5. The van der Waals surface area contributed by atoms with Crippen molar-refractivity contribution in [1.82, 2.24) is 14.7 Å². The molecule has 2 heterocycles. The van der Waals surface area contributed by atoms with E-state index < -0.39 is 0 Å². The molecule has 1 aliphatic heterocycles. The van der Waals surface area contributed by atoms with E-state index in [0.29, 0.717) is 23.7 Å². The van der Waals surface area contributed by atoms with Crippen molar-refractivity contribution >= 4 is 17.1 Å². The lowest BCUT2D eigenvalue weighted by Gasteiger charge is -2.24. The number of hydrogen-bond acceptors (Lipinski definition) is 7. The van der Waals surface area contributed by atoms with Crippen molar-refractivity contribution in [3.05, 3.63) is 40.3 Å². The van der Waals surface area contributed by atoms with Gasteiger partial charge in [-0.3, -0.25) is 0 Å². The summed E-state index contributed by atoms with van der Waals surface area (Å²) in [7, 11) is 5.96. The van der Waals surface area contributed by atoms with E-state index in [1.54, 1.807) is 16.9 Å². The maximum Gasteiger partial charge on any atom is 0.151 e. The fourth-order valence-electron chi connectivity index (χ4n) is 4.01. The van der Waals surface area contributed by atoms with Gasteiger partial charge in [-0.05, 0) is 83.0 Å². The van der Waals surface area contributed by atoms with Crippen LogP contribution in [-0.4, -0.2) is 55.5 Å². The minimum absolute atomic E-state index is 0.167. The second-order valence-electron chi connectivity index (χ2n) is 8.86. The van der Waals surface area contributed by atoms with Crippen molar-refractivity contribution in [1.29, 1.82) is 0 Å². The Morgan fingerprint density at radius 1 is 1.31 bits per heavy atom. The van der Waals surface area contributed by atoms with E-state index >= 15 is 0 Å². The SMILES string of the molecule is Cc1cc(F)c(N(C)CCCN(C)C)cc1NC(C)c1nn(C2CCCCO2)cc1N=O. The van der Waals surface area contributed by atoms with E-state index in [1.165, 1.54) is 0 Å². The molecule has 1 aromatic carbocycles. The molecular weight excluding hydrogens is 411 g/mol. The fourth-order valence-corrected chi connectivity index (χ4v) is 4.01. The van der Waals surface area contributed by atoms with E-state index in [1.807, 2.05) is 46.0 Å². The van der Waals surface area contributed by atoms with Gasteiger partial charge in [0.25, 0.3) is 0 Å². The molecule has 176 valence electrons. The highest BCUT2D eigenvalue weighted by molar-refractivity contribution is 5.63. The molecule has 0 radical (unpaired) electrons. The van der Waals surface area contributed by atoms with Gasteiger partial charge in [0.1, 0.15) is 17.7 Å². The molecule has 1 fully saturated rings. The Morgan fingerprint density at radius 2 is 2.09 bits per heavy atom. The van der Waals surface area contributed by atoms with Crippen molar-refractivity contribution < 1.29 is 9.13 Å². The number of aryl methyl sites for hydroxylation is 1. The molecule has 1 aliphatic rings. The lowest BCUT2D eigenvalue weighted by Crippen LogP contribution is -2.24. The predicted octanol–water partition coefficient (Wildman–Crippen LogP) is 4.99. The number of benzene rings is 1. The number of rotatable bonds is 10. The second-order valence-corrected chi connectivity index (χ2v) is 8.86. The van der Waals surface area contributed by atoms with Crippen LogP contribution in [0.2, 0.25) is 0 Å². The molecule has 9 heteroatoms. The maximum atomic E-state index is 14.7. The van der Waals surface area contributed by atoms with Crippen molar-refractivity contribution in [2.24, 2.45) is 5.18 Å². The highest BCUT2D eigenvalue weighted by atomic mass is 19.1. The Morgan fingerprint density at radius 3 is 2.75 bits per heavy atom. The van der Waals surface area contributed by atoms with Crippen molar-refractivity contribution in [3.63, 3.8) is 0 Å². The van der Waals surface area contributed by atoms with Gasteiger partial charge in [0.2, 0.25) is 0 Å². The molecule has 2 unspecified atom stereocenters. The first kappa shape index (κ1) is 24.1. The van der Waals surface area contributed by atoms with E-state index in [4.69, 9.17) is 4.74 Å². The molecule has 0 spiro atoms. The number of ether oxygens (including phenoxy) is 1. The molecule has 32 heavy (non-hydrogen) atoms. The standard InChI is InChI=1S/C23H35FN6O2/c1-16-13-18(24)21(29(5)11-8-10-28(3)4)14-19(16)25-17(2)23-20(27-31)15-30(26-23)22-9-6-7-12-32-22/h13-15,17,22,25H,6-12H2,1-5H3. The molecule has 0 aliphatic carbocycles. The summed E-state index contributed by atoms with van der Waals surface area (Å²) in [6.45, 7) is 6.16. The van der Waals surface area contributed by atoms with Crippen LogP contribution in [0.15, 0.2) is 23.5 Å². The summed E-state index contributed by atoms with van der Waals surface area (Å²) in [6, 6.07) is 3.08. The molecule has 1 saturated heterocycles. The minimum atomic E-state index is -0.288. The summed E-state index contributed by atoms with van der Waals surface area (Å²) < 4.78 is 22.2. The predicted molar refractivity (Wildman–Crippen MR) is 126 cm³/mol. The van der Waals surface area contributed by atoms with Gasteiger partial charge in [0.15, 0.2) is 5.69 Å². The van der Waals surface area contributed by atoms with Crippen molar-refractivity contribution in [2.75, 3.05) is 51.1 Å². The van der Waals surface area contributed by atoms with Gasteiger partial charge in [0, 0.05) is 25.9 Å². The summed E-state index contributed by atoms with van der Waals surface area (Å²) in [6.07, 6.45) is 5.39. The molecule has 2 aromatic rings. The van der Waals surface area contributed by atoms with E-state index in [9.17, 15) is 9.30 Å². The zero-order valence-corrected chi connectivity index (χ0v) is 19.8. The third-order valence-electron chi connectivity index (χ3n) is 5.88. The van der Waals surface area contributed by atoms with Gasteiger partial charge in [-0.25, -0.2) is 9.07 Å². The Balaban J connectivity index is 1.77.